The molecule has 0 aliphatic rings. The van der Waals surface area contributed by atoms with Crippen molar-refractivity contribution in [3.8, 4) is 0 Å². The number of nitrogens with one attached hydrogen (secondary N) is 1. The molecule has 0 heterocycles. The van der Waals surface area contributed by atoms with Gasteiger partial charge in [0.15, 0.2) is 0 Å². The van der Waals surface area contributed by atoms with E-state index >= 15 is 0 Å². The summed E-state index contributed by atoms with van der Waals surface area (Å²) in [6.45, 7) is -0.197. The summed E-state index contributed by atoms with van der Waals surface area (Å²) in [5.74, 6) is 6.10. The van der Waals surface area contributed by atoms with E-state index < -0.39 is 3.79 Å². The van der Waals surface area contributed by atoms with Crippen LogP contribution in [0.1, 0.15) is 0 Å². The molecule has 1 N–H and O–H groups in total. The fourth-order valence-electron chi connectivity index (χ4n) is 0.0818. The summed E-state index contributed by atoms with van der Waals surface area (Å²) in [7, 11) is 0. The molecule has 0 spiro atoms. The van der Waals surface area contributed by atoms with Gasteiger partial charge in [0, 0.05) is 0 Å². The van der Waals surface area contributed by atoms with Crippen LogP contribution in [0.5, 0.6) is 0 Å². The number of hydrogen-bond acceptors (Lipinski definition) is 1. The normalized spacial score (nSPS) is 12.0. The molecule has 44 valence electrons. The van der Waals surface area contributed by atoms with E-state index in [1.54, 1.807) is 0 Å². The predicted molar refractivity (Wildman–Crippen MR) is 30.6 cm³/mol. The van der Waals surface area contributed by atoms with E-state index in [1.807, 2.05) is 0 Å². The van der Waals surface area contributed by atoms with E-state index in [0.29, 0.717) is 0 Å². The van der Waals surface area contributed by atoms with Crippen molar-refractivity contribution in [3.05, 3.63) is 5.90 Å². The molecule has 0 amide bonds. The molecule has 0 saturated carbocycles. The highest BCUT2D eigenvalue weighted by molar-refractivity contribution is 6.67. The minimum Gasteiger partial charge on any atom is -0.549 e. The Morgan fingerprint density at radius 2 is 1.86 bits per heavy atom. The van der Waals surface area contributed by atoms with Crippen LogP contribution in [0.15, 0.2) is 0 Å². The lowest BCUT2D eigenvalue weighted by Crippen LogP contribution is -2.08. The summed E-state index contributed by atoms with van der Waals surface area (Å²) in [5.41, 5.74) is 0. The van der Waals surface area contributed by atoms with Gasteiger partial charge in [0.25, 0.3) is 0 Å². The lowest BCUT2D eigenvalue weighted by Gasteiger charge is -2.11. The van der Waals surface area contributed by atoms with Crippen molar-refractivity contribution in [1.29, 1.82) is 0 Å². The maximum absolute atomic E-state index is 6.10. The smallest absolute Gasteiger partial charge is 0.211 e. The summed E-state index contributed by atoms with van der Waals surface area (Å²) in [6.07, 6.45) is 0. The molecule has 0 aliphatic heterocycles. The lowest BCUT2D eigenvalue weighted by atomic mass is 10.8. The second-order valence-corrected chi connectivity index (χ2v) is 3.42. The first-order valence-electron chi connectivity index (χ1n) is 1.41. The van der Waals surface area contributed by atoms with Crippen molar-refractivity contribution in [2.45, 2.75) is 3.79 Å². The Labute approximate surface area is 56.4 Å². The van der Waals surface area contributed by atoms with Gasteiger partial charge in [-0.25, -0.2) is 0 Å². The van der Waals surface area contributed by atoms with Gasteiger partial charge in [-0.15, -0.1) is 0 Å². The van der Waals surface area contributed by atoms with Crippen molar-refractivity contribution in [2.24, 2.45) is 0 Å². The maximum atomic E-state index is 6.10. The summed E-state index contributed by atoms with van der Waals surface area (Å²) in [5, 5.41) is 0. The van der Waals surface area contributed by atoms with Crippen LogP contribution in [0, 0.1) is 0 Å². The molecular formula is C2H3Cl3NO-. The zero-order valence-electron chi connectivity index (χ0n) is 3.25. The van der Waals surface area contributed by atoms with E-state index in [1.165, 1.54) is 0 Å². The van der Waals surface area contributed by atoms with E-state index in [9.17, 15) is 0 Å². The molecule has 0 aliphatic carbocycles. The van der Waals surface area contributed by atoms with Crippen LogP contribution in [-0.4, -0.2) is 10.4 Å². The summed E-state index contributed by atoms with van der Waals surface area (Å²) < 4.78 is -1.44. The Morgan fingerprint density at radius 1 is 1.43 bits per heavy atom. The molecule has 0 aromatic heterocycles. The zero-order chi connectivity index (χ0) is 5.91. The lowest BCUT2D eigenvalue weighted by molar-refractivity contribution is 0.258. The number of halogens is 3. The standard InChI is InChI=1S/C2H3Cl3NO/c3-2(4,5)1-7-6/h6H,1H2/q-1. The highest BCUT2D eigenvalue weighted by Crippen LogP contribution is 2.25. The average molecular weight is 163 g/mol. The quantitative estimate of drug-likeness (QED) is 0.431. The van der Waals surface area contributed by atoms with E-state index in [4.69, 9.17) is 40.7 Å². The van der Waals surface area contributed by atoms with E-state index in [0.717, 1.165) is 0 Å². The molecule has 0 fully saturated rings. The van der Waals surface area contributed by atoms with Gasteiger partial charge in [-0.1, -0.05) is 34.8 Å². The maximum Gasteiger partial charge on any atom is 0.211 e. The highest BCUT2D eigenvalue weighted by atomic mass is 35.6. The van der Waals surface area contributed by atoms with E-state index in [-0.39, 0.29) is 6.61 Å². The van der Waals surface area contributed by atoms with Crippen molar-refractivity contribution >= 4 is 34.8 Å². The van der Waals surface area contributed by atoms with E-state index in [2.05, 4.69) is 4.84 Å². The van der Waals surface area contributed by atoms with Crippen molar-refractivity contribution in [3.63, 3.8) is 0 Å². The zero-order valence-corrected chi connectivity index (χ0v) is 5.52. The van der Waals surface area contributed by atoms with Crippen LogP contribution in [0.4, 0.5) is 0 Å². The van der Waals surface area contributed by atoms with Crippen LogP contribution in [0.25, 0.3) is 5.90 Å². The van der Waals surface area contributed by atoms with Gasteiger partial charge in [-0.2, -0.15) is 0 Å². The Bertz CT molecular complexity index is 51.4. The summed E-state index contributed by atoms with van der Waals surface area (Å²) >= 11 is 15.4. The minimum atomic E-state index is -1.44. The summed E-state index contributed by atoms with van der Waals surface area (Å²) in [4.78, 5) is 3.76. The van der Waals surface area contributed by atoms with Crippen molar-refractivity contribution < 1.29 is 4.84 Å². The first-order valence-corrected chi connectivity index (χ1v) is 2.55. The Hall–Kier alpha value is 0.790. The Morgan fingerprint density at radius 3 is 1.86 bits per heavy atom. The third kappa shape index (κ3) is 6.79. The van der Waals surface area contributed by atoms with Gasteiger partial charge >= 0.3 is 0 Å². The SMILES string of the molecule is [NH-]OCC(Cl)(Cl)Cl. The average Bonchev–Trinajstić information content (AvgIpc) is 1.30. The van der Waals surface area contributed by atoms with Gasteiger partial charge in [0.2, 0.25) is 3.79 Å². The molecule has 0 atom stereocenters. The first kappa shape index (κ1) is 7.79. The molecule has 0 unspecified atom stereocenters. The van der Waals surface area contributed by atoms with Gasteiger partial charge < -0.3 is 10.7 Å². The monoisotopic (exact) mass is 162 g/mol. The Kier molecular flexibility index (Phi) is 3.28. The van der Waals surface area contributed by atoms with Gasteiger partial charge in [-0.3, -0.25) is 0 Å². The minimum absolute atomic E-state index is 0.197. The van der Waals surface area contributed by atoms with Crippen LogP contribution >= 0.6 is 34.8 Å². The highest BCUT2D eigenvalue weighted by Gasteiger charge is 2.16. The molecule has 0 radical (unpaired) electrons. The Balaban J connectivity index is 3.15. The second kappa shape index (κ2) is 2.95. The summed E-state index contributed by atoms with van der Waals surface area (Å²) in [6, 6.07) is 0. The third-order valence-corrected chi connectivity index (χ3v) is 0.563. The predicted octanol–water partition coefficient (Wildman–Crippen LogP) is 2.34. The number of hydrogen-bond donors (Lipinski definition) is 0. The van der Waals surface area contributed by atoms with Crippen molar-refractivity contribution in [2.75, 3.05) is 6.61 Å². The molecule has 5 heteroatoms. The fraction of sp³-hybridized carbons (Fsp3) is 1.00. The second-order valence-electron chi connectivity index (χ2n) is 0.904. The van der Waals surface area contributed by atoms with Crippen LogP contribution in [0.2, 0.25) is 0 Å². The third-order valence-electron chi connectivity index (χ3n) is 0.236. The molecule has 0 rings (SSSR count). The van der Waals surface area contributed by atoms with Crippen LogP contribution in [0.3, 0.4) is 0 Å². The molecule has 7 heavy (non-hydrogen) atoms. The molecular weight excluding hydrogens is 160 g/mol. The topological polar surface area (TPSA) is 33.0 Å². The molecule has 0 aromatic carbocycles. The molecule has 0 saturated heterocycles. The largest absolute Gasteiger partial charge is 0.549 e. The van der Waals surface area contributed by atoms with Crippen LogP contribution < -0.4 is 0 Å². The van der Waals surface area contributed by atoms with Gasteiger partial charge in [-0.05, 0) is 0 Å². The molecule has 0 aromatic rings. The fourth-order valence-corrected chi connectivity index (χ4v) is 0.245. The van der Waals surface area contributed by atoms with Crippen molar-refractivity contribution in [1.82, 2.24) is 0 Å². The van der Waals surface area contributed by atoms with Crippen LogP contribution in [-0.2, 0) is 4.84 Å². The first-order chi connectivity index (χ1) is 3.06. The number of rotatable bonds is 1. The number of alkyl halides is 3. The molecule has 0 bridgehead atoms. The van der Waals surface area contributed by atoms with Gasteiger partial charge in [0.05, 0.1) is 6.61 Å². The van der Waals surface area contributed by atoms with Gasteiger partial charge in [0.1, 0.15) is 0 Å². The molecule has 2 nitrogen and oxygen atoms in total.